The minimum Gasteiger partial charge on any atom is -0.388 e. The van der Waals surface area contributed by atoms with Gasteiger partial charge in [0.15, 0.2) is 17.3 Å². The van der Waals surface area contributed by atoms with Crippen LogP contribution in [0.4, 0.5) is 5.82 Å². The summed E-state index contributed by atoms with van der Waals surface area (Å²) in [5.74, 6) is 1.66. The van der Waals surface area contributed by atoms with Crippen LogP contribution in [0.2, 0.25) is 0 Å². The van der Waals surface area contributed by atoms with E-state index in [9.17, 15) is 5.11 Å². The molecule has 158 valence electrons. The van der Waals surface area contributed by atoms with Crippen LogP contribution in [-0.4, -0.2) is 34.4 Å². The molecule has 32 heavy (non-hydrogen) atoms. The van der Waals surface area contributed by atoms with Gasteiger partial charge in [-0.3, -0.25) is 4.57 Å². The second-order valence-electron chi connectivity index (χ2n) is 7.84. The highest BCUT2D eigenvalue weighted by atomic mass is 16.3. The fourth-order valence-electron chi connectivity index (χ4n) is 4.33. The van der Waals surface area contributed by atoms with Gasteiger partial charge >= 0.3 is 0 Å². The normalized spacial score (nSPS) is 17.7. The van der Waals surface area contributed by atoms with E-state index in [1.54, 1.807) is 17.1 Å². The lowest BCUT2D eigenvalue weighted by molar-refractivity contribution is 0.173. The Kier molecular flexibility index (Phi) is 4.07. The van der Waals surface area contributed by atoms with E-state index < -0.39 is 6.10 Å². The molecule has 0 saturated carbocycles. The predicted octanol–water partition coefficient (Wildman–Crippen LogP) is 2.69. The maximum absolute atomic E-state index is 10.5. The summed E-state index contributed by atoms with van der Waals surface area (Å²) in [5, 5.41) is 14.8. The molecule has 1 aromatic carbocycles. The number of nitrogens with zero attached hydrogens (tertiary/aromatic N) is 6. The lowest BCUT2D eigenvalue weighted by Gasteiger charge is -2.13. The van der Waals surface area contributed by atoms with Gasteiger partial charge < -0.3 is 16.6 Å². The van der Waals surface area contributed by atoms with Crippen molar-refractivity contribution in [1.82, 2.24) is 29.3 Å². The molecule has 0 saturated heterocycles. The van der Waals surface area contributed by atoms with Gasteiger partial charge in [-0.05, 0) is 60.0 Å². The molecule has 0 unspecified atom stereocenters. The Morgan fingerprint density at radius 1 is 1.00 bits per heavy atom. The highest BCUT2D eigenvalue weighted by Crippen LogP contribution is 2.39. The minimum atomic E-state index is -0.603. The molecule has 6 rings (SSSR count). The van der Waals surface area contributed by atoms with Crippen LogP contribution in [-0.2, 0) is 0 Å². The van der Waals surface area contributed by atoms with Crippen LogP contribution in [0, 0.1) is 0 Å². The smallest absolute Gasteiger partial charge is 0.167 e. The van der Waals surface area contributed by atoms with Gasteiger partial charge in [0, 0.05) is 30.3 Å². The van der Waals surface area contributed by atoms with Gasteiger partial charge in [0.05, 0.1) is 11.7 Å². The van der Waals surface area contributed by atoms with Crippen molar-refractivity contribution in [2.24, 2.45) is 5.73 Å². The Balaban J connectivity index is 1.64. The molecule has 4 aromatic heterocycles. The highest BCUT2D eigenvalue weighted by Gasteiger charge is 2.28. The minimum absolute atomic E-state index is 0.174. The second-order valence-corrected chi connectivity index (χ2v) is 7.84. The maximum Gasteiger partial charge on any atom is 0.167 e. The third-order valence-corrected chi connectivity index (χ3v) is 5.87. The molecule has 0 bridgehead atoms. The monoisotopic (exact) mass is 424 g/mol. The van der Waals surface area contributed by atoms with E-state index in [0.717, 1.165) is 16.8 Å². The van der Waals surface area contributed by atoms with Crippen molar-refractivity contribution in [3.05, 3.63) is 78.2 Å². The van der Waals surface area contributed by atoms with Crippen LogP contribution in [0.25, 0.3) is 34.1 Å². The van der Waals surface area contributed by atoms with Crippen molar-refractivity contribution in [3.63, 3.8) is 0 Å². The number of nitrogens with two attached hydrogens (primary N) is 2. The van der Waals surface area contributed by atoms with Gasteiger partial charge in [0.1, 0.15) is 11.3 Å². The molecule has 9 heteroatoms. The Morgan fingerprint density at radius 3 is 2.72 bits per heavy atom. The van der Waals surface area contributed by atoms with E-state index in [4.69, 9.17) is 21.4 Å². The van der Waals surface area contributed by atoms with Crippen LogP contribution in [0.15, 0.2) is 67.1 Å². The number of hydrogen-bond acceptors (Lipinski definition) is 7. The Morgan fingerprint density at radius 2 is 1.91 bits per heavy atom. The zero-order valence-corrected chi connectivity index (χ0v) is 17.0. The fraction of sp³-hybridized carbons (Fsp3) is 0.130. The summed E-state index contributed by atoms with van der Waals surface area (Å²) in [6.07, 6.45) is 5.09. The molecule has 0 radical (unpaired) electrons. The van der Waals surface area contributed by atoms with Crippen molar-refractivity contribution in [3.8, 4) is 22.9 Å². The first-order valence-corrected chi connectivity index (χ1v) is 10.3. The molecule has 0 fully saturated rings. The molecule has 9 nitrogen and oxygen atoms in total. The summed E-state index contributed by atoms with van der Waals surface area (Å²) < 4.78 is 3.63. The molecule has 1 aliphatic carbocycles. The summed E-state index contributed by atoms with van der Waals surface area (Å²) in [5.41, 5.74) is 17.0. The number of nitrogen functional groups attached to an aromatic ring is 1. The second kappa shape index (κ2) is 6.98. The molecule has 0 spiro atoms. The summed E-state index contributed by atoms with van der Waals surface area (Å²) in [4.78, 5) is 13.9. The Labute approximate surface area is 183 Å². The summed E-state index contributed by atoms with van der Waals surface area (Å²) in [7, 11) is 0. The number of aliphatic hydroxyl groups excluding tert-OH is 1. The van der Waals surface area contributed by atoms with E-state index in [1.807, 2.05) is 59.3 Å². The van der Waals surface area contributed by atoms with Gasteiger partial charge in [-0.15, -0.1) is 0 Å². The first kappa shape index (κ1) is 18.7. The Hall–Kier alpha value is -4.08. The fourth-order valence-corrected chi connectivity index (χ4v) is 4.33. The van der Waals surface area contributed by atoms with Crippen molar-refractivity contribution in [1.29, 1.82) is 0 Å². The first-order valence-electron chi connectivity index (χ1n) is 10.3. The van der Waals surface area contributed by atoms with E-state index in [2.05, 4.69) is 10.1 Å². The third kappa shape index (κ3) is 2.79. The summed E-state index contributed by atoms with van der Waals surface area (Å²) >= 11 is 0. The number of aromatic nitrogens is 6. The number of hydrogen-bond donors (Lipinski definition) is 3. The third-order valence-electron chi connectivity index (χ3n) is 5.87. The van der Waals surface area contributed by atoms with Crippen LogP contribution in [0.3, 0.4) is 0 Å². The van der Waals surface area contributed by atoms with Crippen molar-refractivity contribution >= 4 is 17.0 Å². The predicted molar refractivity (Wildman–Crippen MR) is 120 cm³/mol. The van der Waals surface area contributed by atoms with Crippen LogP contribution < -0.4 is 11.5 Å². The number of anilines is 1. The lowest BCUT2D eigenvalue weighted by Crippen LogP contribution is -2.06. The average molecular weight is 424 g/mol. The first-order chi connectivity index (χ1) is 15.6. The molecule has 0 amide bonds. The zero-order valence-electron chi connectivity index (χ0n) is 17.0. The highest BCUT2D eigenvalue weighted by molar-refractivity contribution is 5.83. The topological polar surface area (TPSA) is 134 Å². The molecular formula is C23H20N8O. The largest absolute Gasteiger partial charge is 0.388 e. The van der Waals surface area contributed by atoms with Crippen molar-refractivity contribution in [2.75, 3.05) is 5.73 Å². The van der Waals surface area contributed by atoms with Crippen molar-refractivity contribution in [2.45, 2.75) is 18.6 Å². The number of fused-ring (bicyclic) bond motifs is 2. The van der Waals surface area contributed by atoms with Crippen LogP contribution in [0.1, 0.15) is 29.7 Å². The summed E-state index contributed by atoms with van der Waals surface area (Å²) in [6.45, 7) is 0. The van der Waals surface area contributed by atoms with Gasteiger partial charge in [0.25, 0.3) is 0 Å². The van der Waals surface area contributed by atoms with E-state index >= 15 is 0 Å². The molecule has 4 heterocycles. The molecule has 5 N–H and O–H groups in total. The van der Waals surface area contributed by atoms with Crippen LogP contribution >= 0.6 is 0 Å². The average Bonchev–Trinajstić information content (AvgIpc) is 3.52. The molecule has 5 aromatic rings. The number of benzene rings is 1. The van der Waals surface area contributed by atoms with Crippen LogP contribution in [0.5, 0.6) is 0 Å². The number of aliphatic hydroxyl groups is 1. The van der Waals surface area contributed by atoms with Gasteiger partial charge in [-0.25, -0.2) is 19.6 Å². The summed E-state index contributed by atoms with van der Waals surface area (Å²) in [6, 6.07) is 15.0. The molecule has 0 aliphatic heterocycles. The number of imidazole rings is 1. The molecule has 2 atom stereocenters. The molecular weight excluding hydrogens is 404 g/mol. The lowest BCUT2D eigenvalue weighted by atomic mass is 10.1. The Bertz CT molecular complexity index is 1460. The quantitative estimate of drug-likeness (QED) is 0.405. The zero-order chi connectivity index (χ0) is 21.8. The van der Waals surface area contributed by atoms with Gasteiger partial charge in [0.2, 0.25) is 0 Å². The van der Waals surface area contributed by atoms with Gasteiger partial charge in [-0.1, -0.05) is 6.07 Å². The number of pyridine rings is 2. The SMILES string of the molecule is Nc1ncccc1-c1nc2ccc(-n3cccn3)nc2n1-c1ccc2c(c1)[C@@H](O)C[C@@H]2N. The van der Waals surface area contributed by atoms with Gasteiger partial charge in [-0.2, -0.15) is 5.10 Å². The van der Waals surface area contributed by atoms with E-state index in [0.29, 0.717) is 40.6 Å². The maximum atomic E-state index is 10.5. The standard InChI is InChI=1S/C23H20N8O/c24-17-12-19(32)16-11-13(4-5-14(16)17)31-22(15-3-1-8-26-21(15)25)28-18-6-7-20(29-23(18)31)30-10-2-9-27-30/h1-11,17,19,32H,12,24H2,(H2,25,26)/t17-,19-/m0/s1. The number of rotatable bonds is 3. The van der Waals surface area contributed by atoms with Crippen molar-refractivity contribution < 1.29 is 5.11 Å². The van der Waals surface area contributed by atoms with E-state index in [-0.39, 0.29) is 6.04 Å². The van der Waals surface area contributed by atoms with E-state index in [1.165, 1.54) is 0 Å². The molecule has 1 aliphatic rings.